The lowest BCUT2D eigenvalue weighted by atomic mass is 9.98. The van der Waals surface area contributed by atoms with E-state index in [1.54, 1.807) is 14.2 Å². The van der Waals surface area contributed by atoms with E-state index in [0.717, 1.165) is 5.56 Å². The Hall–Kier alpha value is -1.61. The molecule has 28 heavy (non-hydrogen) atoms. The molecule has 0 bridgehead atoms. The van der Waals surface area contributed by atoms with Crippen LogP contribution in [0.25, 0.3) is 0 Å². The molecule has 2 aromatic carbocycles. The predicted molar refractivity (Wildman–Crippen MR) is 103 cm³/mol. The first kappa shape index (κ1) is 19.7. The zero-order valence-electron chi connectivity index (χ0n) is 15.8. The monoisotopic (exact) mass is 404 g/mol. The smallest absolute Gasteiger partial charge is 0.184 e. The van der Waals surface area contributed by atoms with Gasteiger partial charge in [0.15, 0.2) is 11.7 Å². The number of fused-ring (bicyclic) bond motifs is 1. The number of benzene rings is 2. The van der Waals surface area contributed by atoms with E-state index in [4.69, 9.17) is 23.7 Å². The second-order valence-electron chi connectivity index (χ2n) is 6.73. The van der Waals surface area contributed by atoms with Gasteiger partial charge in [-0.1, -0.05) is 48.5 Å². The van der Waals surface area contributed by atoms with Gasteiger partial charge in [-0.05, 0) is 12.1 Å². The maximum atomic E-state index is 13.2. The summed E-state index contributed by atoms with van der Waals surface area (Å²) in [5, 5.41) is 0. The summed E-state index contributed by atoms with van der Waals surface area (Å²) in [5.41, 5.74) is 0.249. The molecule has 0 radical (unpaired) electrons. The fraction of sp³-hybridized carbons (Fsp3) is 0.429. The van der Waals surface area contributed by atoms with E-state index in [2.05, 4.69) is 0 Å². The third-order valence-electron chi connectivity index (χ3n) is 5.09. The topological polar surface area (TPSA) is 63.2 Å². The molecule has 7 heteroatoms. The minimum absolute atomic E-state index is 0.322. The van der Waals surface area contributed by atoms with Gasteiger partial charge in [0.25, 0.3) is 0 Å². The van der Waals surface area contributed by atoms with Gasteiger partial charge < -0.3 is 23.7 Å². The van der Waals surface area contributed by atoms with Crippen LogP contribution in [0.15, 0.2) is 65.6 Å². The van der Waals surface area contributed by atoms with Crippen molar-refractivity contribution in [3.05, 3.63) is 66.2 Å². The molecule has 0 aromatic heterocycles. The number of rotatable bonds is 5. The SMILES string of the molecule is CO[C@H]1[C@@H]2OC(c3ccccc3)OC[C@H]2O[C@H]([S@](=O)c2ccccc2)[C@H]1OC. The summed E-state index contributed by atoms with van der Waals surface area (Å²) in [5.74, 6) is 0. The zero-order valence-corrected chi connectivity index (χ0v) is 16.6. The fourth-order valence-electron chi connectivity index (χ4n) is 3.70. The van der Waals surface area contributed by atoms with E-state index in [-0.39, 0.29) is 0 Å². The Morgan fingerprint density at radius 2 is 1.54 bits per heavy atom. The van der Waals surface area contributed by atoms with Crippen molar-refractivity contribution in [2.75, 3.05) is 20.8 Å². The Kier molecular flexibility index (Phi) is 6.20. The first-order valence-electron chi connectivity index (χ1n) is 9.21. The van der Waals surface area contributed by atoms with Gasteiger partial charge in [0.05, 0.1) is 17.4 Å². The van der Waals surface area contributed by atoms with Crippen LogP contribution in [-0.4, -0.2) is 54.9 Å². The molecule has 0 saturated carbocycles. The van der Waals surface area contributed by atoms with Crippen molar-refractivity contribution < 1.29 is 27.9 Å². The van der Waals surface area contributed by atoms with E-state index in [1.165, 1.54) is 0 Å². The zero-order chi connectivity index (χ0) is 19.5. The standard InChI is InChI=1S/C21H24O6S/c1-23-18-17-16(13-25-20(27-17)14-9-5-3-6-10-14)26-21(19(18)24-2)28(22)15-11-7-4-8-12-15/h3-12,16-21H,13H2,1-2H3/t16-,17-,18+,19+,20?,21-,28-/m1/s1. The van der Waals surface area contributed by atoms with Crippen LogP contribution in [-0.2, 0) is 34.5 Å². The molecule has 2 fully saturated rings. The van der Waals surface area contributed by atoms with Gasteiger partial charge in [-0.3, -0.25) is 4.21 Å². The van der Waals surface area contributed by atoms with E-state index < -0.39 is 46.9 Å². The summed E-state index contributed by atoms with van der Waals surface area (Å²) in [6, 6.07) is 19.0. The highest BCUT2D eigenvalue weighted by Gasteiger charge is 2.52. The van der Waals surface area contributed by atoms with Crippen molar-refractivity contribution in [3.63, 3.8) is 0 Å². The Labute approximate surface area is 167 Å². The highest BCUT2D eigenvalue weighted by Crippen LogP contribution is 2.37. The van der Waals surface area contributed by atoms with Crippen LogP contribution in [0.4, 0.5) is 0 Å². The summed E-state index contributed by atoms with van der Waals surface area (Å²) in [6.07, 6.45) is -2.26. The predicted octanol–water partition coefficient (Wildman–Crippen LogP) is 2.66. The van der Waals surface area contributed by atoms with Gasteiger partial charge in [0.2, 0.25) is 0 Å². The largest absolute Gasteiger partial charge is 0.376 e. The van der Waals surface area contributed by atoms with Crippen LogP contribution >= 0.6 is 0 Å². The van der Waals surface area contributed by atoms with Crippen LogP contribution in [0.2, 0.25) is 0 Å². The van der Waals surface area contributed by atoms with Crippen molar-refractivity contribution in [1.29, 1.82) is 0 Å². The third kappa shape index (κ3) is 3.78. The van der Waals surface area contributed by atoms with E-state index in [1.807, 2.05) is 60.7 Å². The molecule has 0 aliphatic carbocycles. The lowest BCUT2D eigenvalue weighted by Gasteiger charge is -2.48. The highest BCUT2D eigenvalue weighted by molar-refractivity contribution is 7.85. The molecule has 1 unspecified atom stereocenters. The van der Waals surface area contributed by atoms with Gasteiger partial charge in [-0.25, -0.2) is 0 Å². The van der Waals surface area contributed by atoms with Crippen molar-refractivity contribution in [2.24, 2.45) is 0 Å². The maximum Gasteiger partial charge on any atom is 0.184 e. The van der Waals surface area contributed by atoms with Crippen LogP contribution in [0.3, 0.4) is 0 Å². The van der Waals surface area contributed by atoms with Crippen molar-refractivity contribution in [1.82, 2.24) is 0 Å². The Morgan fingerprint density at radius 1 is 0.893 bits per heavy atom. The Bertz CT molecular complexity index is 786. The summed E-state index contributed by atoms with van der Waals surface area (Å²) in [4.78, 5) is 0.683. The molecule has 2 aliphatic rings. The Morgan fingerprint density at radius 3 is 2.18 bits per heavy atom. The number of hydrogen-bond donors (Lipinski definition) is 0. The number of hydrogen-bond acceptors (Lipinski definition) is 6. The minimum Gasteiger partial charge on any atom is -0.376 e. The van der Waals surface area contributed by atoms with Crippen LogP contribution in [0.1, 0.15) is 11.9 Å². The average Bonchev–Trinajstić information content (AvgIpc) is 2.78. The van der Waals surface area contributed by atoms with Crippen LogP contribution < -0.4 is 0 Å². The summed E-state index contributed by atoms with van der Waals surface area (Å²) in [6.45, 7) is 0.322. The molecule has 0 amide bonds. The van der Waals surface area contributed by atoms with E-state index in [0.29, 0.717) is 11.5 Å². The van der Waals surface area contributed by atoms with Gasteiger partial charge in [-0.2, -0.15) is 0 Å². The molecular weight excluding hydrogens is 380 g/mol. The minimum atomic E-state index is -1.42. The first-order valence-corrected chi connectivity index (χ1v) is 10.4. The quantitative estimate of drug-likeness (QED) is 0.764. The average molecular weight is 404 g/mol. The second kappa shape index (κ2) is 8.82. The molecule has 0 spiro atoms. The number of methoxy groups -OCH3 is 2. The van der Waals surface area contributed by atoms with Gasteiger partial charge in [0, 0.05) is 24.7 Å². The summed E-state index contributed by atoms with van der Waals surface area (Å²) < 4.78 is 42.8. The molecule has 150 valence electrons. The van der Waals surface area contributed by atoms with Crippen molar-refractivity contribution in [2.45, 2.75) is 41.0 Å². The lowest BCUT2D eigenvalue weighted by Crippen LogP contribution is -2.63. The molecule has 2 saturated heterocycles. The second-order valence-corrected chi connectivity index (χ2v) is 8.26. The van der Waals surface area contributed by atoms with Crippen molar-refractivity contribution in [3.8, 4) is 0 Å². The van der Waals surface area contributed by atoms with Crippen LogP contribution in [0, 0.1) is 0 Å². The third-order valence-corrected chi connectivity index (χ3v) is 6.62. The van der Waals surface area contributed by atoms with E-state index >= 15 is 0 Å². The van der Waals surface area contributed by atoms with E-state index in [9.17, 15) is 4.21 Å². The Balaban J connectivity index is 1.57. The molecule has 4 rings (SSSR count). The fourth-order valence-corrected chi connectivity index (χ4v) is 5.15. The summed E-state index contributed by atoms with van der Waals surface area (Å²) in [7, 11) is 1.76. The molecule has 0 N–H and O–H groups in total. The molecule has 2 heterocycles. The molecule has 2 aromatic rings. The van der Waals surface area contributed by atoms with Crippen molar-refractivity contribution >= 4 is 10.8 Å². The highest BCUT2D eigenvalue weighted by atomic mass is 32.2. The molecule has 6 nitrogen and oxygen atoms in total. The molecule has 2 aliphatic heterocycles. The summed E-state index contributed by atoms with van der Waals surface area (Å²) >= 11 is 0. The normalized spacial score (nSPS) is 33.8. The first-order chi connectivity index (χ1) is 13.7. The number of ether oxygens (including phenoxy) is 5. The van der Waals surface area contributed by atoms with Gasteiger partial charge in [0.1, 0.15) is 24.4 Å². The van der Waals surface area contributed by atoms with Gasteiger partial charge >= 0.3 is 0 Å². The lowest BCUT2D eigenvalue weighted by molar-refractivity contribution is -0.323. The van der Waals surface area contributed by atoms with Gasteiger partial charge in [-0.15, -0.1) is 0 Å². The van der Waals surface area contributed by atoms with Crippen LogP contribution in [0.5, 0.6) is 0 Å². The maximum absolute atomic E-state index is 13.2. The molecule has 7 atom stereocenters. The molecular formula is C21H24O6S.